The molecule has 1 aliphatic rings. The zero-order chi connectivity index (χ0) is 20.2. The van der Waals surface area contributed by atoms with Gasteiger partial charge in [0.1, 0.15) is 12.4 Å². The minimum Gasteiger partial charge on any atom is -0.490 e. The van der Waals surface area contributed by atoms with Crippen molar-refractivity contribution in [3.8, 4) is 17.0 Å². The molecule has 1 aromatic heterocycles. The number of thiazole rings is 1. The molecule has 0 atom stereocenters. The molecule has 0 saturated heterocycles. The molecule has 29 heavy (non-hydrogen) atoms. The second-order valence-electron chi connectivity index (χ2n) is 6.74. The average Bonchev–Trinajstić information content (AvgIpc) is 3.18. The van der Waals surface area contributed by atoms with Crippen molar-refractivity contribution in [1.29, 1.82) is 0 Å². The Morgan fingerprint density at radius 1 is 1.14 bits per heavy atom. The molecule has 0 aliphatic carbocycles. The van der Waals surface area contributed by atoms with Crippen LogP contribution in [-0.2, 0) is 9.59 Å². The van der Waals surface area contributed by atoms with Crippen LogP contribution in [0.25, 0.3) is 11.3 Å². The smallest absolute Gasteiger partial charge is 0.227 e. The number of anilines is 2. The van der Waals surface area contributed by atoms with Crippen molar-refractivity contribution in [2.75, 3.05) is 23.4 Å². The van der Waals surface area contributed by atoms with Crippen LogP contribution in [0.2, 0.25) is 0 Å². The lowest BCUT2D eigenvalue weighted by Gasteiger charge is -2.29. The first kappa shape index (κ1) is 19.1. The highest BCUT2D eigenvalue weighted by Gasteiger charge is 2.23. The van der Waals surface area contributed by atoms with Gasteiger partial charge in [0.25, 0.3) is 0 Å². The molecule has 0 saturated carbocycles. The molecule has 1 N–H and O–H groups in total. The van der Waals surface area contributed by atoms with Gasteiger partial charge in [0.15, 0.2) is 0 Å². The van der Waals surface area contributed by atoms with E-state index in [-0.39, 0.29) is 24.7 Å². The van der Waals surface area contributed by atoms with Gasteiger partial charge in [0, 0.05) is 29.5 Å². The van der Waals surface area contributed by atoms with E-state index >= 15 is 0 Å². The van der Waals surface area contributed by atoms with Crippen LogP contribution in [0.4, 0.5) is 11.4 Å². The summed E-state index contributed by atoms with van der Waals surface area (Å²) in [4.78, 5) is 31.0. The summed E-state index contributed by atoms with van der Waals surface area (Å²) in [7, 11) is 0. The van der Waals surface area contributed by atoms with Crippen molar-refractivity contribution >= 4 is 34.5 Å². The molecular weight excluding hydrogens is 386 g/mol. The van der Waals surface area contributed by atoms with Crippen molar-refractivity contribution in [3.63, 3.8) is 0 Å². The van der Waals surface area contributed by atoms with Crippen LogP contribution in [0.1, 0.15) is 17.8 Å². The van der Waals surface area contributed by atoms with Crippen LogP contribution in [0.3, 0.4) is 0 Å². The van der Waals surface area contributed by atoms with Gasteiger partial charge < -0.3 is 15.0 Å². The number of para-hydroxylation sites is 2. The average molecular weight is 407 g/mol. The summed E-state index contributed by atoms with van der Waals surface area (Å²) >= 11 is 1.61. The second-order valence-corrected chi connectivity index (χ2v) is 7.80. The number of nitrogens with one attached hydrogen (secondary N) is 1. The second kappa shape index (κ2) is 8.45. The van der Waals surface area contributed by atoms with Crippen molar-refractivity contribution in [1.82, 2.24) is 4.98 Å². The number of fused-ring (bicyclic) bond motifs is 1. The third-order valence-corrected chi connectivity index (χ3v) is 5.45. The summed E-state index contributed by atoms with van der Waals surface area (Å²) in [5.41, 5.74) is 3.40. The Hall–Kier alpha value is -3.19. The van der Waals surface area contributed by atoms with E-state index in [1.54, 1.807) is 16.2 Å². The first-order valence-electron chi connectivity index (χ1n) is 9.45. The van der Waals surface area contributed by atoms with Crippen LogP contribution >= 0.6 is 11.3 Å². The molecule has 2 amide bonds. The highest BCUT2D eigenvalue weighted by molar-refractivity contribution is 7.09. The first-order valence-corrected chi connectivity index (χ1v) is 10.3. The van der Waals surface area contributed by atoms with Crippen LogP contribution in [0.15, 0.2) is 53.9 Å². The largest absolute Gasteiger partial charge is 0.490 e. The lowest BCUT2D eigenvalue weighted by Crippen LogP contribution is -2.38. The zero-order valence-corrected chi connectivity index (χ0v) is 16.9. The number of aromatic nitrogens is 1. The fourth-order valence-electron chi connectivity index (χ4n) is 3.23. The summed E-state index contributed by atoms with van der Waals surface area (Å²) < 4.78 is 5.57. The Bertz CT molecular complexity index is 1030. The van der Waals surface area contributed by atoms with Gasteiger partial charge in [-0.3, -0.25) is 9.59 Å². The molecule has 0 unspecified atom stereocenters. The van der Waals surface area contributed by atoms with E-state index in [0.717, 1.165) is 22.0 Å². The van der Waals surface area contributed by atoms with Crippen LogP contribution in [0, 0.1) is 6.92 Å². The molecule has 0 spiro atoms. The topological polar surface area (TPSA) is 71.5 Å². The number of carbonyl (C=O) groups is 2. The molecule has 2 aromatic carbocycles. The number of hydrogen-bond donors (Lipinski definition) is 1. The molecule has 148 valence electrons. The third-order valence-electron chi connectivity index (χ3n) is 4.68. The highest BCUT2D eigenvalue weighted by atomic mass is 32.1. The molecule has 0 radical (unpaired) electrons. The van der Waals surface area contributed by atoms with Gasteiger partial charge >= 0.3 is 0 Å². The zero-order valence-electron chi connectivity index (χ0n) is 16.1. The monoisotopic (exact) mass is 407 g/mol. The Labute approximate surface area is 173 Å². The fraction of sp³-hybridized carbons (Fsp3) is 0.227. The van der Waals surface area contributed by atoms with Crippen LogP contribution in [-0.4, -0.2) is 29.9 Å². The lowest BCUT2D eigenvalue weighted by atomic mass is 10.1. The van der Waals surface area contributed by atoms with Gasteiger partial charge in [-0.2, -0.15) is 0 Å². The van der Waals surface area contributed by atoms with Gasteiger partial charge in [-0.15, -0.1) is 11.3 Å². The molecule has 2 heterocycles. The van der Waals surface area contributed by atoms with E-state index < -0.39 is 0 Å². The van der Waals surface area contributed by atoms with Crippen LogP contribution in [0.5, 0.6) is 5.75 Å². The van der Waals surface area contributed by atoms with Gasteiger partial charge in [0.05, 0.1) is 22.9 Å². The molecule has 3 aromatic rings. The maximum atomic E-state index is 12.6. The van der Waals surface area contributed by atoms with Crippen molar-refractivity contribution in [3.05, 3.63) is 58.9 Å². The Morgan fingerprint density at radius 3 is 2.69 bits per heavy atom. The third kappa shape index (κ3) is 4.46. The van der Waals surface area contributed by atoms with Crippen LogP contribution < -0.4 is 15.0 Å². The summed E-state index contributed by atoms with van der Waals surface area (Å²) in [5, 5.41) is 5.88. The maximum absolute atomic E-state index is 12.6. The molecule has 1 aliphatic heterocycles. The van der Waals surface area contributed by atoms with Gasteiger partial charge in [-0.05, 0) is 31.2 Å². The quantitative estimate of drug-likeness (QED) is 0.686. The molecular formula is C22H21N3O3S. The fourth-order valence-corrected chi connectivity index (χ4v) is 3.85. The minimum atomic E-state index is -0.183. The Kier molecular flexibility index (Phi) is 5.57. The maximum Gasteiger partial charge on any atom is 0.227 e. The summed E-state index contributed by atoms with van der Waals surface area (Å²) in [6.45, 7) is 2.92. The minimum absolute atomic E-state index is 0.0786. The number of carbonyl (C=O) groups excluding carboxylic acids is 2. The number of hydrogen-bond acceptors (Lipinski definition) is 5. The number of benzene rings is 2. The number of aryl methyl sites for hydroxylation is 1. The Balaban J connectivity index is 1.32. The van der Waals surface area contributed by atoms with Crippen molar-refractivity contribution in [2.24, 2.45) is 0 Å². The predicted octanol–water partition coefficient (Wildman–Crippen LogP) is 4.26. The SMILES string of the molecule is Cc1nc(-c2ccc(NC(=O)CCC(=O)N3CCOc4ccccc43)cc2)cs1. The molecule has 0 bridgehead atoms. The van der Waals surface area contributed by atoms with Gasteiger partial charge in [-0.1, -0.05) is 24.3 Å². The predicted molar refractivity (Wildman–Crippen MR) is 114 cm³/mol. The highest BCUT2D eigenvalue weighted by Crippen LogP contribution is 2.31. The summed E-state index contributed by atoms with van der Waals surface area (Å²) in [6.07, 6.45) is 0.280. The van der Waals surface area contributed by atoms with Gasteiger partial charge in [0.2, 0.25) is 11.8 Å². The standard InChI is InChI=1S/C22H21N3O3S/c1-15-23-18(14-29-15)16-6-8-17(9-7-16)24-21(26)10-11-22(27)25-12-13-28-20-5-3-2-4-19(20)25/h2-9,14H,10-13H2,1H3,(H,24,26). The summed E-state index contributed by atoms with van der Waals surface area (Å²) in [6, 6.07) is 15.0. The first-order chi connectivity index (χ1) is 14.1. The summed E-state index contributed by atoms with van der Waals surface area (Å²) in [5.74, 6) is 0.439. The van der Waals surface area contributed by atoms with Gasteiger partial charge in [-0.25, -0.2) is 4.98 Å². The number of ether oxygens (including phenoxy) is 1. The van der Waals surface area contributed by atoms with E-state index in [2.05, 4.69) is 10.3 Å². The lowest BCUT2D eigenvalue weighted by molar-refractivity contribution is -0.122. The van der Waals surface area contributed by atoms with Crippen molar-refractivity contribution < 1.29 is 14.3 Å². The van der Waals surface area contributed by atoms with E-state index in [9.17, 15) is 9.59 Å². The Morgan fingerprint density at radius 2 is 1.93 bits per heavy atom. The molecule has 7 heteroatoms. The van der Waals surface area contributed by atoms with E-state index in [4.69, 9.17) is 4.74 Å². The van der Waals surface area contributed by atoms with E-state index in [1.807, 2.05) is 60.8 Å². The number of amides is 2. The van der Waals surface area contributed by atoms with Crippen molar-refractivity contribution in [2.45, 2.75) is 19.8 Å². The number of nitrogens with zero attached hydrogens (tertiary/aromatic N) is 2. The van der Waals surface area contributed by atoms with E-state index in [1.165, 1.54) is 0 Å². The molecule has 6 nitrogen and oxygen atoms in total. The normalized spacial score (nSPS) is 12.8. The number of rotatable bonds is 5. The van der Waals surface area contributed by atoms with E-state index in [0.29, 0.717) is 24.6 Å². The molecule has 0 fully saturated rings. The molecule has 4 rings (SSSR count).